The number of amides is 1. The van der Waals surface area contributed by atoms with Gasteiger partial charge in [-0.1, -0.05) is 13.8 Å². The molecule has 2 aromatic carbocycles. The minimum absolute atomic E-state index is 0.0334. The molecule has 7 heteroatoms. The molecule has 0 radical (unpaired) electrons. The van der Waals surface area contributed by atoms with Crippen LogP contribution in [0.4, 0.5) is 5.69 Å². The first-order chi connectivity index (χ1) is 15.0. The van der Waals surface area contributed by atoms with Crippen molar-refractivity contribution in [1.82, 2.24) is 0 Å². The Kier molecular flexibility index (Phi) is 7.65. The summed E-state index contributed by atoms with van der Waals surface area (Å²) in [4.78, 5) is 36.4. The number of benzene rings is 2. The van der Waals surface area contributed by atoms with E-state index in [0.29, 0.717) is 43.1 Å². The van der Waals surface area contributed by atoms with Crippen molar-refractivity contribution in [1.29, 1.82) is 0 Å². The Morgan fingerprint density at radius 3 is 2.35 bits per heavy atom. The van der Waals surface area contributed by atoms with E-state index in [1.807, 2.05) is 13.8 Å². The zero-order valence-corrected chi connectivity index (χ0v) is 17.9. The molecule has 1 N–H and O–H groups in total. The molecular formula is C24H27NO6. The van der Waals surface area contributed by atoms with Crippen molar-refractivity contribution in [2.45, 2.75) is 39.5 Å². The highest BCUT2D eigenvalue weighted by Gasteiger charge is 2.18. The highest BCUT2D eigenvalue weighted by atomic mass is 16.5. The number of carbonyl (C=O) groups excluding carboxylic acids is 3. The van der Waals surface area contributed by atoms with Gasteiger partial charge in [0.1, 0.15) is 0 Å². The average Bonchev–Trinajstić information content (AvgIpc) is 2.79. The molecule has 7 nitrogen and oxygen atoms in total. The third-order valence-electron chi connectivity index (χ3n) is 4.76. The number of carbonyl (C=O) groups is 3. The van der Waals surface area contributed by atoms with Gasteiger partial charge in [-0.25, -0.2) is 4.79 Å². The van der Waals surface area contributed by atoms with E-state index >= 15 is 0 Å². The van der Waals surface area contributed by atoms with E-state index in [1.165, 1.54) is 0 Å². The van der Waals surface area contributed by atoms with Crippen molar-refractivity contribution in [3.8, 4) is 11.5 Å². The topological polar surface area (TPSA) is 90.9 Å². The van der Waals surface area contributed by atoms with Crippen LogP contribution in [0.5, 0.6) is 11.5 Å². The van der Waals surface area contributed by atoms with E-state index in [1.54, 1.807) is 36.4 Å². The number of hydrogen-bond acceptors (Lipinski definition) is 6. The van der Waals surface area contributed by atoms with Gasteiger partial charge in [0.05, 0.1) is 18.8 Å². The predicted octanol–water partition coefficient (Wildman–Crippen LogP) is 4.19. The van der Waals surface area contributed by atoms with Gasteiger partial charge < -0.3 is 19.5 Å². The predicted molar refractivity (Wildman–Crippen MR) is 116 cm³/mol. The van der Waals surface area contributed by atoms with Crippen LogP contribution in [0.25, 0.3) is 0 Å². The number of esters is 1. The third-order valence-corrected chi connectivity index (χ3v) is 4.76. The summed E-state index contributed by atoms with van der Waals surface area (Å²) in [5, 5.41) is 2.78. The van der Waals surface area contributed by atoms with Crippen LogP contribution < -0.4 is 14.8 Å². The Morgan fingerprint density at radius 2 is 1.61 bits per heavy atom. The van der Waals surface area contributed by atoms with Gasteiger partial charge in [0.25, 0.3) is 0 Å². The zero-order chi connectivity index (χ0) is 22.2. The van der Waals surface area contributed by atoms with Crippen molar-refractivity contribution in [3.63, 3.8) is 0 Å². The molecule has 0 spiro atoms. The summed E-state index contributed by atoms with van der Waals surface area (Å²) in [6.07, 6.45) is 2.64. The number of nitrogens with one attached hydrogen (secondary N) is 1. The summed E-state index contributed by atoms with van der Waals surface area (Å²) < 4.78 is 16.6. The van der Waals surface area contributed by atoms with Gasteiger partial charge in [-0.05, 0) is 61.2 Å². The summed E-state index contributed by atoms with van der Waals surface area (Å²) in [5.74, 6) is 0.103. The molecule has 1 aliphatic heterocycles. The molecule has 31 heavy (non-hydrogen) atoms. The highest BCUT2D eigenvalue weighted by molar-refractivity contribution is 6.01. The molecule has 0 atom stereocenters. The first-order valence-electron chi connectivity index (χ1n) is 10.5. The second kappa shape index (κ2) is 10.6. The molecule has 164 valence electrons. The van der Waals surface area contributed by atoms with Crippen molar-refractivity contribution in [3.05, 3.63) is 53.1 Å². The van der Waals surface area contributed by atoms with Gasteiger partial charge >= 0.3 is 5.97 Å². The first kappa shape index (κ1) is 22.3. The molecule has 1 aliphatic rings. The van der Waals surface area contributed by atoms with Gasteiger partial charge in [0.2, 0.25) is 5.91 Å². The summed E-state index contributed by atoms with van der Waals surface area (Å²) in [6.45, 7) is 4.67. The quantitative estimate of drug-likeness (QED) is 0.453. The molecule has 0 fully saturated rings. The maximum atomic E-state index is 12.5. The lowest BCUT2D eigenvalue weighted by Gasteiger charge is -2.17. The third kappa shape index (κ3) is 5.84. The van der Waals surface area contributed by atoms with Crippen LogP contribution in [0, 0.1) is 0 Å². The second-order valence-electron chi connectivity index (χ2n) is 7.28. The lowest BCUT2D eigenvalue weighted by atomic mass is 9.99. The lowest BCUT2D eigenvalue weighted by Crippen LogP contribution is -2.20. The van der Waals surface area contributed by atoms with Crippen LogP contribution in [0.1, 0.15) is 59.4 Å². The number of anilines is 1. The largest absolute Gasteiger partial charge is 0.490 e. The average molecular weight is 425 g/mol. The molecule has 0 bridgehead atoms. The normalized spacial score (nSPS) is 12.5. The maximum absolute atomic E-state index is 12.5. The Labute approximate surface area is 181 Å². The lowest BCUT2D eigenvalue weighted by molar-refractivity contribution is -0.116. The number of fused-ring (bicyclic) bond motifs is 1. The fourth-order valence-electron chi connectivity index (χ4n) is 3.15. The molecule has 0 saturated carbocycles. The zero-order valence-electron chi connectivity index (χ0n) is 17.9. The molecule has 0 aliphatic carbocycles. The number of ketones is 1. The summed E-state index contributed by atoms with van der Waals surface area (Å²) in [5.41, 5.74) is 2.35. The molecule has 2 aromatic rings. The summed E-state index contributed by atoms with van der Waals surface area (Å²) >= 11 is 0. The smallest absolute Gasteiger partial charge is 0.338 e. The van der Waals surface area contributed by atoms with E-state index in [0.717, 1.165) is 24.1 Å². The molecule has 0 aromatic heterocycles. The molecule has 0 unspecified atom stereocenters. The summed E-state index contributed by atoms with van der Waals surface area (Å²) in [7, 11) is 0. The SMILES string of the molecule is CCCOc1ccc(C(=O)OCC(=O)c2ccc3c(c2)CCC(=O)N3)cc1OCCC. The monoisotopic (exact) mass is 425 g/mol. The first-order valence-corrected chi connectivity index (χ1v) is 10.5. The Hall–Kier alpha value is -3.35. The van der Waals surface area contributed by atoms with E-state index in [2.05, 4.69) is 5.32 Å². The molecule has 0 saturated heterocycles. The second-order valence-corrected chi connectivity index (χ2v) is 7.28. The van der Waals surface area contributed by atoms with Crippen molar-refractivity contribution in [2.24, 2.45) is 0 Å². The Balaban J connectivity index is 1.64. The standard InChI is InChI=1S/C24H27NO6/c1-3-11-29-21-9-6-18(14-22(21)30-12-4-2)24(28)31-15-20(26)17-5-8-19-16(13-17)7-10-23(27)25-19/h5-6,8-9,13-14H,3-4,7,10-12,15H2,1-2H3,(H,25,27). The van der Waals surface area contributed by atoms with Crippen LogP contribution in [-0.4, -0.2) is 37.5 Å². The highest BCUT2D eigenvalue weighted by Crippen LogP contribution is 2.29. The van der Waals surface area contributed by atoms with E-state index in [-0.39, 0.29) is 23.9 Å². The Bertz CT molecular complexity index is 969. The molecular weight excluding hydrogens is 398 g/mol. The molecule has 3 rings (SSSR count). The Morgan fingerprint density at radius 1 is 0.903 bits per heavy atom. The van der Waals surface area contributed by atoms with Crippen molar-refractivity contribution in [2.75, 3.05) is 25.1 Å². The van der Waals surface area contributed by atoms with Crippen LogP contribution >= 0.6 is 0 Å². The summed E-state index contributed by atoms with van der Waals surface area (Å²) in [6, 6.07) is 9.91. The maximum Gasteiger partial charge on any atom is 0.338 e. The molecule has 1 amide bonds. The van der Waals surface area contributed by atoms with Crippen molar-refractivity contribution < 1.29 is 28.6 Å². The number of aryl methyl sites for hydroxylation is 1. The van der Waals surface area contributed by atoms with Crippen LogP contribution in [-0.2, 0) is 16.0 Å². The fourth-order valence-corrected chi connectivity index (χ4v) is 3.15. The van der Waals surface area contributed by atoms with E-state index in [9.17, 15) is 14.4 Å². The van der Waals surface area contributed by atoms with E-state index in [4.69, 9.17) is 14.2 Å². The van der Waals surface area contributed by atoms with Gasteiger partial charge in [-0.2, -0.15) is 0 Å². The van der Waals surface area contributed by atoms with Crippen molar-refractivity contribution >= 4 is 23.3 Å². The fraction of sp³-hybridized carbons (Fsp3) is 0.375. The minimum atomic E-state index is -0.609. The number of ether oxygens (including phenoxy) is 3. The minimum Gasteiger partial charge on any atom is -0.490 e. The number of Topliss-reactive ketones (excluding diaryl/α,β-unsaturated/α-hetero) is 1. The van der Waals surface area contributed by atoms with Gasteiger partial charge in [0, 0.05) is 17.7 Å². The van der Waals surface area contributed by atoms with Crippen LogP contribution in [0.15, 0.2) is 36.4 Å². The van der Waals surface area contributed by atoms with E-state index < -0.39 is 5.97 Å². The van der Waals surface area contributed by atoms with Crippen LogP contribution in [0.3, 0.4) is 0 Å². The van der Waals surface area contributed by atoms with Crippen LogP contribution in [0.2, 0.25) is 0 Å². The molecule has 1 heterocycles. The van der Waals surface area contributed by atoms with Gasteiger partial charge in [-0.15, -0.1) is 0 Å². The van der Waals surface area contributed by atoms with Gasteiger partial charge in [0.15, 0.2) is 23.9 Å². The number of rotatable bonds is 10. The van der Waals surface area contributed by atoms with Gasteiger partial charge in [-0.3, -0.25) is 9.59 Å². The number of hydrogen-bond donors (Lipinski definition) is 1.